The van der Waals surface area contributed by atoms with Crippen molar-refractivity contribution >= 4 is 38.6 Å². The molecule has 1 unspecified atom stereocenters. The van der Waals surface area contributed by atoms with Crippen LogP contribution in [0.4, 0.5) is 0 Å². The number of hydrogen-bond acceptors (Lipinski definition) is 1. The highest BCUT2D eigenvalue weighted by Crippen LogP contribution is 2.47. The summed E-state index contributed by atoms with van der Waals surface area (Å²) in [5, 5.41) is 6.17. The molecular formula is C39H28O. The second kappa shape index (κ2) is 9.10. The van der Waals surface area contributed by atoms with Gasteiger partial charge in [-0.1, -0.05) is 128 Å². The predicted molar refractivity (Wildman–Crippen MR) is 169 cm³/mol. The average molecular weight is 513 g/mol. The van der Waals surface area contributed by atoms with Gasteiger partial charge in [0, 0.05) is 10.9 Å². The van der Waals surface area contributed by atoms with Crippen LogP contribution in [0.1, 0.15) is 18.1 Å². The van der Waals surface area contributed by atoms with Crippen LogP contribution in [0.5, 0.6) is 0 Å². The molecule has 7 aromatic rings. The first kappa shape index (κ1) is 23.0. The van der Waals surface area contributed by atoms with Crippen LogP contribution >= 0.6 is 0 Å². The van der Waals surface area contributed by atoms with E-state index in [2.05, 4.69) is 140 Å². The molecule has 0 bridgehead atoms. The third-order valence-corrected chi connectivity index (χ3v) is 8.43. The lowest BCUT2D eigenvalue weighted by Crippen LogP contribution is -2.08. The van der Waals surface area contributed by atoms with Crippen LogP contribution in [0, 0.1) is 5.92 Å². The third kappa shape index (κ3) is 3.55. The van der Waals surface area contributed by atoms with E-state index in [-0.39, 0.29) is 0 Å². The molecule has 0 N–H and O–H groups in total. The molecule has 1 heteroatoms. The van der Waals surface area contributed by atoms with Crippen molar-refractivity contribution < 1.29 is 4.42 Å². The first-order valence-electron chi connectivity index (χ1n) is 14.1. The van der Waals surface area contributed by atoms with Gasteiger partial charge in [-0.05, 0) is 79.4 Å². The third-order valence-electron chi connectivity index (χ3n) is 8.43. The molecule has 0 spiro atoms. The summed E-state index contributed by atoms with van der Waals surface area (Å²) in [6.07, 6.45) is 5.74. The van der Waals surface area contributed by atoms with Crippen LogP contribution in [0.25, 0.3) is 72.2 Å². The highest BCUT2D eigenvalue weighted by atomic mass is 16.3. The van der Waals surface area contributed by atoms with E-state index in [0.717, 1.165) is 28.7 Å². The van der Waals surface area contributed by atoms with Crippen molar-refractivity contribution in [1.29, 1.82) is 0 Å². The van der Waals surface area contributed by atoms with Crippen LogP contribution in [0.15, 0.2) is 132 Å². The first-order valence-corrected chi connectivity index (χ1v) is 14.1. The highest BCUT2D eigenvalue weighted by molar-refractivity contribution is 6.13. The molecule has 1 aliphatic rings. The van der Waals surface area contributed by atoms with Gasteiger partial charge in [-0.15, -0.1) is 0 Å². The van der Waals surface area contributed by atoms with E-state index in [1.165, 1.54) is 54.9 Å². The van der Waals surface area contributed by atoms with E-state index < -0.39 is 0 Å². The smallest absolute Gasteiger partial charge is 0.136 e. The number of fused-ring (bicyclic) bond motifs is 4. The molecule has 190 valence electrons. The van der Waals surface area contributed by atoms with E-state index in [1.807, 2.05) is 0 Å². The zero-order valence-electron chi connectivity index (χ0n) is 22.4. The quantitative estimate of drug-likeness (QED) is 0.229. The van der Waals surface area contributed by atoms with Crippen LogP contribution in [0.2, 0.25) is 0 Å². The Bertz CT molecular complexity index is 2090. The molecule has 1 aromatic heterocycles. The Morgan fingerprint density at radius 1 is 0.600 bits per heavy atom. The normalized spacial score (nSPS) is 14.7. The van der Waals surface area contributed by atoms with Crippen LogP contribution in [-0.2, 0) is 6.42 Å². The summed E-state index contributed by atoms with van der Waals surface area (Å²) in [5.41, 5.74) is 9.97. The Hall–Kier alpha value is -4.88. The fourth-order valence-corrected chi connectivity index (χ4v) is 6.63. The van der Waals surface area contributed by atoms with Gasteiger partial charge in [-0.25, -0.2) is 0 Å². The summed E-state index contributed by atoms with van der Waals surface area (Å²) < 4.78 is 6.58. The van der Waals surface area contributed by atoms with Gasteiger partial charge >= 0.3 is 0 Å². The van der Waals surface area contributed by atoms with Gasteiger partial charge in [0.2, 0.25) is 0 Å². The van der Waals surface area contributed by atoms with Crippen molar-refractivity contribution in [2.45, 2.75) is 13.3 Å². The molecule has 0 radical (unpaired) electrons. The molecule has 0 aliphatic heterocycles. The zero-order chi connectivity index (χ0) is 26.6. The molecule has 40 heavy (non-hydrogen) atoms. The zero-order valence-corrected chi connectivity index (χ0v) is 22.4. The van der Waals surface area contributed by atoms with Gasteiger partial charge in [0.05, 0.1) is 0 Å². The van der Waals surface area contributed by atoms with Crippen LogP contribution < -0.4 is 0 Å². The first-order chi connectivity index (χ1) is 19.8. The van der Waals surface area contributed by atoms with E-state index in [1.54, 1.807) is 0 Å². The lowest BCUT2D eigenvalue weighted by Gasteiger charge is -2.26. The monoisotopic (exact) mass is 512 g/mol. The molecule has 1 atom stereocenters. The number of allylic oxidation sites excluding steroid dienone is 1. The Kier molecular flexibility index (Phi) is 5.24. The lowest BCUT2D eigenvalue weighted by molar-refractivity contribution is 0.632. The second-order valence-electron chi connectivity index (χ2n) is 10.9. The molecule has 1 heterocycles. The van der Waals surface area contributed by atoms with Crippen LogP contribution in [0.3, 0.4) is 0 Å². The fourth-order valence-electron chi connectivity index (χ4n) is 6.63. The Morgan fingerprint density at radius 3 is 2.12 bits per heavy atom. The summed E-state index contributed by atoms with van der Waals surface area (Å²) >= 11 is 0. The van der Waals surface area contributed by atoms with E-state index in [4.69, 9.17) is 4.42 Å². The van der Waals surface area contributed by atoms with Gasteiger partial charge < -0.3 is 4.42 Å². The summed E-state index contributed by atoms with van der Waals surface area (Å²) in [5.74, 6) is 1.39. The van der Waals surface area contributed by atoms with Gasteiger partial charge in [0.25, 0.3) is 0 Å². The molecule has 0 fully saturated rings. The highest BCUT2D eigenvalue weighted by Gasteiger charge is 2.25. The molecule has 1 aliphatic carbocycles. The van der Waals surface area contributed by atoms with Gasteiger partial charge in [-0.2, -0.15) is 0 Å². The molecule has 0 saturated heterocycles. The number of furan rings is 1. The van der Waals surface area contributed by atoms with Crippen molar-refractivity contribution in [1.82, 2.24) is 0 Å². The maximum Gasteiger partial charge on any atom is 0.136 e. The average Bonchev–Trinajstić information content (AvgIpc) is 3.45. The van der Waals surface area contributed by atoms with Crippen molar-refractivity contribution in [3.8, 4) is 33.6 Å². The van der Waals surface area contributed by atoms with Crippen molar-refractivity contribution in [3.05, 3.63) is 139 Å². The lowest BCUT2D eigenvalue weighted by atomic mass is 9.78. The Labute approximate surface area is 234 Å². The fraction of sp³-hybridized carbons (Fsp3) is 0.0769. The van der Waals surface area contributed by atoms with E-state index >= 15 is 0 Å². The minimum absolute atomic E-state index is 0.478. The molecule has 8 rings (SSSR count). The summed E-state index contributed by atoms with van der Waals surface area (Å²) in [7, 11) is 0. The Balaban J connectivity index is 1.44. The minimum atomic E-state index is 0.478. The maximum atomic E-state index is 6.58. The van der Waals surface area contributed by atoms with E-state index in [0.29, 0.717) is 5.92 Å². The van der Waals surface area contributed by atoms with Crippen molar-refractivity contribution in [2.24, 2.45) is 5.92 Å². The van der Waals surface area contributed by atoms with Crippen LogP contribution in [-0.4, -0.2) is 0 Å². The van der Waals surface area contributed by atoms with Crippen molar-refractivity contribution in [2.75, 3.05) is 0 Å². The number of hydrogen-bond donors (Lipinski definition) is 0. The molecule has 0 saturated carbocycles. The topological polar surface area (TPSA) is 13.1 Å². The standard InChI is InChI=1S/C39H28O/c1-25-21-22-33-35(23-25)39(31-17-8-7-16-30(31)38(33)27-12-3-2-4-13-27)32-19-10-20-36-34(32)24-37(40-36)29-18-9-14-26-11-5-6-15-28(26)29/h2-22,24-25H,23H2,1H3. The predicted octanol–water partition coefficient (Wildman–Crippen LogP) is 10.9. The molecule has 1 nitrogen and oxygen atoms in total. The largest absolute Gasteiger partial charge is 0.456 e. The summed E-state index contributed by atoms with van der Waals surface area (Å²) in [4.78, 5) is 0. The SMILES string of the molecule is CC1C=Cc2c(c(-c3cccc4oc(-c5cccc6ccccc56)cc34)c3ccccc3c2-c2ccccc2)C1. The Morgan fingerprint density at radius 2 is 1.27 bits per heavy atom. The number of rotatable bonds is 3. The van der Waals surface area contributed by atoms with Gasteiger partial charge in [-0.3, -0.25) is 0 Å². The molecule has 6 aromatic carbocycles. The minimum Gasteiger partial charge on any atom is -0.456 e. The summed E-state index contributed by atoms with van der Waals surface area (Å²) in [6, 6.07) is 43.5. The van der Waals surface area contributed by atoms with E-state index in [9.17, 15) is 0 Å². The molecular weight excluding hydrogens is 484 g/mol. The molecule has 0 amide bonds. The maximum absolute atomic E-state index is 6.58. The van der Waals surface area contributed by atoms with Crippen molar-refractivity contribution in [3.63, 3.8) is 0 Å². The second-order valence-corrected chi connectivity index (χ2v) is 10.9. The number of benzene rings is 6. The van der Waals surface area contributed by atoms with Gasteiger partial charge in [0.1, 0.15) is 11.3 Å². The summed E-state index contributed by atoms with van der Waals surface area (Å²) in [6.45, 7) is 2.32. The van der Waals surface area contributed by atoms with Gasteiger partial charge in [0.15, 0.2) is 0 Å².